The van der Waals surface area contributed by atoms with E-state index in [2.05, 4.69) is 11.6 Å². The molecular weight excluding hydrogens is 260 g/mol. The monoisotopic (exact) mass is 278 g/mol. The summed E-state index contributed by atoms with van der Waals surface area (Å²) in [6, 6.07) is 6.64. The lowest BCUT2D eigenvalue weighted by molar-refractivity contribution is 0.475. The normalized spacial score (nSPS) is 16.9. The number of rotatable bonds is 5. The fourth-order valence-corrected chi connectivity index (χ4v) is 3.56. The average Bonchev–Trinajstić information content (AvgIpc) is 3.17. The molecule has 19 heavy (non-hydrogen) atoms. The molecule has 0 radical (unpaired) electrons. The van der Waals surface area contributed by atoms with Gasteiger partial charge in [0, 0.05) is 6.54 Å². The molecule has 1 aliphatic carbocycles. The van der Waals surface area contributed by atoms with E-state index in [0.29, 0.717) is 17.7 Å². The molecule has 0 aliphatic heterocycles. The first-order chi connectivity index (χ1) is 8.92. The summed E-state index contributed by atoms with van der Waals surface area (Å²) in [4.78, 5) is 0.262. The third-order valence-electron chi connectivity index (χ3n) is 3.94. The van der Waals surface area contributed by atoms with E-state index in [1.54, 1.807) is 13.0 Å². The molecule has 4 nitrogen and oxygen atoms in total. The molecular formula is C14H18N2O2S. The summed E-state index contributed by atoms with van der Waals surface area (Å²) in [6.45, 7) is 4.31. The highest BCUT2D eigenvalue weighted by molar-refractivity contribution is 7.89. The van der Waals surface area contributed by atoms with E-state index in [1.165, 1.54) is 12.1 Å². The molecule has 0 heterocycles. The van der Waals surface area contributed by atoms with E-state index in [9.17, 15) is 8.42 Å². The van der Waals surface area contributed by atoms with Crippen LogP contribution in [0.15, 0.2) is 23.1 Å². The third kappa shape index (κ3) is 2.96. The standard InChI is InChI=1S/C14H18N2O2S/c1-3-14(6-7-14)10-16-19(17,18)13-5-4-12(9-15)8-11(13)2/h4-5,8,16H,3,6-7,10H2,1-2H3. The highest BCUT2D eigenvalue weighted by Gasteiger charge is 2.41. The van der Waals surface area contributed by atoms with E-state index in [1.807, 2.05) is 6.07 Å². The van der Waals surface area contributed by atoms with Crippen LogP contribution in [0.5, 0.6) is 0 Å². The number of hydrogen-bond acceptors (Lipinski definition) is 3. The molecule has 1 N–H and O–H groups in total. The molecule has 1 aromatic rings. The molecule has 0 amide bonds. The van der Waals surface area contributed by atoms with E-state index >= 15 is 0 Å². The van der Waals surface area contributed by atoms with Crippen LogP contribution in [0.1, 0.15) is 37.3 Å². The number of hydrogen-bond donors (Lipinski definition) is 1. The first kappa shape index (κ1) is 14.0. The molecule has 0 bridgehead atoms. The minimum absolute atomic E-state index is 0.174. The van der Waals surface area contributed by atoms with Gasteiger partial charge in [0.25, 0.3) is 0 Å². The van der Waals surface area contributed by atoms with E-state index in [-0.39, 0.29) is 10.3 Å². The second kappa shape index (κ2) is 4.95. The van der Waals surface area contributed by atoms with Gasteiger partial charge in [0.1, 0.15) is 0 Å². The number of aryl methyl sites for hydroxylation is 1. The lowest BCUT2D eigenvalue weighted by Crippen LogP contribution is -2.30. The molecule has 1 saturated carbocycles. The van der Waals surface area contributed by atoms with Crippen LogP contribution in [0.25, 0.3) is 0 Å². The smallest absolute Gasteiger partial charge is 0.211 e. The van der Waals surface area contributed by atoms with Crippen LogP contribution in [0.2, 0.25) is 0 Å². The van der Waals surface area contributed by atoms with Gasteiger partial charge in [-0.1, -0.05) is 6.92 Å². The van der Waals surface area contributed by atoms with Crippen LogP contribution >= 0.6 is 0 Å². The molecule has 0 unspecified atom stereocenters. The van der Waals surface area contributed by atoms with Gasteiger partial charge in [-0.15, -0.1) is 0 Å². The van der Waals surface area contributed by atoms with Crippen molar-refractivity contribution >= 4 is 10.0 Å². The van der Waals surface area contributed by atoms with Crippen LogP contribution in [0, 0.1) is 23.7 Å². The zero-order valence-electron chi connectivity index (χ0n) is 11.2. The van der Waals surface area contributed by atoms with E-state index in [0.717, 1.165) is 19.3 Å². The van der Waals surface area contributed by atoms with Crippen LogP contribution in [-0.2, 0) is 10.0 Å². The van der Waals surface area contributed by atoms with Crippen molar-refractivity contribution in [2.75, 3.05) is 6.54 Å². The largest absolute Gasteiger partial charge is 0.240 e. The SMILES string of the molecule is CCC1(CNS(=O)(=O)c2ccc(C#N)cc2C)CC1. The first-order valence-electron chi connectivity index (χ1n) is 6.43. The number of sulfonamides is 1. The Labute approximate surface area is 114 Å². The van der Waals surface area contributed by atoms with Gasteiger partial charge < -0.3 is 0 Å². The van der Waals surface area contributed by atoms with Crippen molar-refractivity contribution in [3.8, 4) is 6.07 Å². The minimum Gasteiger partial charge on any atom is -0.211 e. The summed E-state index contributed by atoms with van der Waals surface area (Å²) in [5.41, 5.74) is 1.25. The van der Waals surface area contributed by atoms with Gasteiger partial charge in [0.05, 0.1) is 16.5 Å². The maximum Gasteiger partial charge on any atom is 0.240 e. The average molecular weight is 278 g/mol. The van der Waals surface area contributed by atoms with Crippen LogP contribution in [-0.4, -0.2) is 15.0 Å². The molecule has 0 atom stereocenters. The first-order valence-corrected chi connectivity index (χ1v) is 7.91. The molecule has 1 fully saturated rings. The molecule has 0 aromatic heterocycles. The summed E-state index contributed by atoms with van der Waals surface area (Å²) in [6.07, 6.45) is 3.19. The maximum absolute atomic E-state index is 12.2. The van der Waals surface area contributed by atoms with Crippen LogP contribution < -0.4 is 4.72 Å². The second-order valence-corrected chi connectivity index (χ2v) is 7.01. The predicted octanol–water partition coefficient (Wildman–Crippen LogP) is 2.34. The van der Waals surface area contributed by atoms with E-state index in [4.69, 9.17) is 5.26 Å². The molecule has 102 valence electrons. The summed E-state index contributed by atoms with van der Waals surface area (Å²) < 4.78 is 27.2. The molecule has 1 aromatic carbocycles. The minimum atomic E-state index is -3.48. The number of benzene rings is 1. The Morgan fingerprint density at radius 2 is 2.11 bits per heavy atom. The Kier molecular flexibility index (Phi) is 3.66. The second-order valence-electron chi connectivity index (χ2n) is 5.27. The molecule has 0 spiro atoms. The Morgan fingerprint density at radius 3 is 2.58 bits per heavy atom. The predicted molar refractivity (Wildman–Crippen MR) is 73.0 cm³/mol. The van der Waals surface area contributed by atoms with Gasteiger partial charge in [0.15, 0.2) is 0 Å². The van der Waals surface area contributed by atoms with Gasteiger partial charge in [0.2, 0.25) is 10.0 Å². The molecule has 2 rings (SSSR count). The number of nitrogens with zero attached hydrogens (tertiary/aromatic N) is 1. The third-order valence-corrected chi connectivity index (χ3v) is 5.50. The Morgan fingerprint density at radius 1 is 1.42 bits per heavy atom. The lowest BCUT2D eigenvalue weighted by atomic mass is 10.1. The van der Waals surface area contributed by atoms with Crippen LogP contribution in [0.4, 0.5) is 0 Å². The van der Waals surface area contributed by atoms with Gasteiger partial charge in [-0.2, -0.15) is 5.26 Å². The number of nitriles is 1. The van der Waals surface area contributed by atoms with Gasteiger partial charge in [-0.05, 0) is 55.4 Å². The van der Waals surface area contributed by atoms with Crippen molar-refractivity contribution in [2.45, 2.75) is 38.0 Å². The van der Waals surface area contributed by atoms with Crippen molar-refractivity contribution in [1.82, 2.24) is 4.72 Å². The van der Waals surface area contributed by atoms with Crippen molar-refractivity contribution in [1.29, 1.82) is 5.26 Å². The summed E-state index contributed by atoms with van der Waals surface area (Å²) >= 11 is 0. The zero-order chi connectivity index (χ0) is 14.1. The summed E-state index contributed by atoms with van der Waals surface area (Å²) in [5, 5.41) is 8.79. The van der Waals surface area contributed by atoms with Crippen molar-refractivity contribution < 1.29 is 8.42 Å². The topological polar surface area (TPSA) is 70.0 Å². The lowest BCUT2D eigenvalue weighted by Gasteiger charge is -2.14. The van der Waals surface area contributed by atoms with Gasteiger partial charge >= 0.3 is 0 Å². The fourth-order valence-electron chi connectivity index (χ4n) is 2.18. The Bertz CT molecular complexity index is 625. The van der Waals surface area contributed by atoms with Gasteiger partial charge in [-0.25, -0.2) is 13.1 Å². The maximum atomic E-state index is 12.2. The Balaban J connectivity index is 2.18. The van der Waals surface area contributed by atoms with Gasteiger partial charge in [-0.3, -0.25) is 0 Å². The van der Waals surface area contributed by atoms with Crippen molar-refractivity contribution in [3.63, 3.8) is 0 Å². The summed E-state index contributed by atoms with van der Waals surface area (Å²) in [7, 11) is -3.48. The molecule has 5 heteroatoms. The zero-order valence-corrected chi connectivity index (χ0v) is 12.0. The molecule has 1 aliphatic rings. The van der Waals surface area contributed by atoms with Crippen LogP contribution in [0.3, 0.4) is 0 Å². The van der Waals surface area contributed by atoms with E-state index < -0.39 is 10.0 Å². The summed E-state index contributed by atoms with van der Waals surface area (Å²) in [5.74, 6) is 0. The van der Waals surface area contributed by atoms with Crippen molar-refractivity contribution in [2.24, 2.45) is 5.41 Å². The quantitative estimate of drug-likeness (QED) is 0.898. The Hall–Kier alpha value is -1.38. The number of nitrogens with one attached hydrogen (secondary N) is 1. The fraction of sp³-hybridized carbons (Fsp3) is 0.500. The highest BCUT2D eigenvalue weighted by Crippen LogP contribution is 2.48. The molecule has 0 saturated heterocycles. The van der Waals surface area contributed by atoms with Crippen molar-refractivity contribution in [3.05, 3.63) is 29.3 Å². The highest BCUT2D eigenvalue weighted by atomic mass is 32.2.